The summed E-state index contributed by atoms with van der Waals surface area (Å²) in [5, 5.41) is 0.399. The molecule has 15 heavy (non-hydrogen) atoms. The highest BCUT2D eigenvalue weighted by atomic mass is 127. The molecule has 0 radical (unpaired) electrons. The van der Waals surface area contributed by atoms with E-state index in [-0.39, 0.29) is 0 Å². The summed E-state index contributed by atoms with van der Waals surface area (Å²) in [6.07, 6.45) is 2.90. The van der Waals surface area contributed by atoms with Crippen LogP contribution < -0.4 is 4.74 Å². The van der Waals surface area contributed by atoms with Crippen LogP contribution in [0.3, 0.4) is 0 Å². The zero-order valence-electron chi connectivity index (χ0n) is 7.52. The highest BCUT2D eigenvalue weighted by molar-refractivity contribution is 14.1. The molecule has 0 spiro atoms. The molecule has 0 aliphatic carbocycles. The smallest absolute Gasteiger partial charge is 0.241 e. The Morgan fingerprint density at radius 3 is 2.93 bits per heavy atom. The first-order valence-corrected chi connectivity index (χ1v) is 5.60. The molecule has 76 valence electrons. The summed E-state index contributed by atoms with van der Waals surface area (Å²) in [7, 11) is 0. The van der Waals surface area contributed by atoms with E-state index >= 15 is 0 Å². The van der Waals surface area contributed by atoms with Crippen LogP contribution in [0.5, 0.6) is 11.6 Å². The fraction of sp³-hybridized carbons (Fsp3) is 0. The molecule has 5 heteroatoms. The molecule has 0 bridgehead atoms. The third-order valence-electron chi connectivity index (χ3n) is 1.64. The predicted octanol–water partition coefficient (Wildman–Crippen LogP) is 3.53. The van der Waals surface area contributed by atoms with Gasteiger partial charge in [-0.1, -0.05) is 17.7 Å². The fourth-order valence-corrected chi connectivity index (χ4v) is 1.68. The molecule has 0 N–H and O–H groups in total. The standard InChI is InChI=1S/C10H6ClIN2O/c11-9-5-13-6-14-10(9)15-8-3-1-2-7(12)4-8/h1-6H. The zero-order chi connectivity index (χ0) is 10.7. The number of halogens is 2. The molecule has 0 aliphatic heterocycles. The van der Waals surface area contributed by atoms with Crippen molar-refractivity contribution >= 4 is 34.2 Å². The third-order valence-corrected chi connectivity index (χ3v) is 2.57. The Morgan fingerprint density at radius 2 is 2.20 bits per heavy atom. The van der Waals surface area contributed by atoms with Gasteiger partial charge in [0.2, 0.25) is 5.88 Å². The maximum absolute atomic E-state index is 5.86. The molecule has 2 aromatic rings. The van der Waals surface area contributed by atoms with Gasteiger partial charge < -0.3 is 4.74 Å². The lowest BCUT2D eigenvalue weighted by Gasteiger charge is -2.05. The predicted molar refractivity (Wildman–Crippen MR) is 66.3 cm³/mol. The van der Waals surface area contributed by atoms with Crippen molar-refractivity contribution in [2.24, 2.45) is 0 Å². The van der Waals surface area contributed by atoms with Crippen LogP contribution in [0.15, 0.2) is 36.8 Å². The van der Waals surface area contributed by atoms with Gasteiger partial charge in [0.05, 0.1) is 6.20 Å². The summed E-state index contributed by atoms with van der Waals surface area (Å²) < 4.78 is 6.59. The van der Waals surface area contributed by atoms with Gasteiger partial charge in [0, 0.05) is 3.57 Å². The molecular formula is C10H6ClIN2O. The van der Waals surface area contributed by atoms with E-state index in [9.17, 15) is 0 Å². The van der Waals surface area contributed by atoms with E-state index in [0.717, 1.165) is 3.57 Å². The summed E-state index contributed by atoms with van der Waals surface area (Å²) in [6.45, 7) is 0. The Kier molecular flexibility index (Phi) is 3.37. The molecule has 3 nitrogen and oxygen atoms in total. The van der Waals surface area contributed by atoms with Crippen molar-refractivity contribution in [3.8, 4) is 11.6 Å². The van der Waals surface area contributed by atoms with Gasteiger partial charge in [0.15, 0.2) is 0 Å². The second-order valence-electron chi connectivity index (χ2n) is 2.74. The van der Waals surface area contributed by atoms with Gasteiger partial charge in [0.1, 0.15) is 17.1 Å². The third kappa shape index (κ3) is 2.79. The average Bonchev–Trinajstić information content (AvgIpc) is 2.22. The number of hydrogen-bond acceptors (Lipinski definition) is 3. The molecule has 0 saturated heterocycles. The van der Waals surface area contributed by atoms with Crippen LogP contribution >= 0.6 is 34.2 Å². The van der Waals surface area contributed by atoms with Gasteiger partial charge in [-0.3, -0.25) is 0 Å². The van der Waals surface area contributed by atoms with Gasteiger partial charge >= 0.3 is 0 Å². The zero-order valence-corrected chi connectivity index (χ0v) is 10.4. The Morgan fingerprint density at radius 1 is 1.33 bits per heavy atom. The number of nitrogens with zero attached hydrogens (tertiary/aromatic N) is 2. The van der Waals surface area contributed by atoms with Crippen molar-refractivity contribution < 1.29 is 4.74 Å². The average molecular weight is 333 g/mol. The summed E-state index contributed by atoms with van der Waals surface area (Å²) in [5.74, 6) is 1.08. The van der Waals surface area contributed by atoms with E-state index in [0.29, 0.717) is 16.7 Å². The second kappa shape index (κ2) is 4.76. The maximum Gasteiger partial charge on any atom is 0.241 e. The minimum atomic E-state index is 0.369. The van der Waals surface area contributed by atoms with Gasteiger partial charge in [-0.2, -0.15) is 0 Å². The molecule has 0 atom stereocenters. The minimum absolute atomic E-state index is 0.369. The van der Waals surface area contributed by atoms with Crippen LogP contribution in [0.25, 0.3) is 0 Å². The monoisotopic (exact) mass is 332 g/mol. The van der Waals surface area contributed by atoms with Gasteiger partial charge in [-0.25, -0.2) is 9.97 Å². The van der Waals surface area contributed by atoms with Crippen LogP contribution in [0.2, 0.25) is 5.02 Å². The summed E-state index contributed by atoms with van der Waals surface area (Å²) >= 11 is 8.07. The number of ether oxygens (including phenoxy) is 1. The highest BCUT2D eigenvalue weighted by Crippen LogP contribution is 2.26. The normalized spacial score (nSPS) is 10.0. The first kappa shape index (κ1) is 10.6. The number of benzene rings is 1. The molecular weight excluding hydrogens is 326 g/mol. The van der Waals surface area contributed by atoms with Crippen molar-refractivity contribution in [2.45, 2.75) is 0 Å². The molecule has 1 heterocycles. The lowest BCUT2D eigenvalue weighted by Crippen LogP contribution is -1.89. The van der Waals surface area contributed by atoms with E-state index in [4.69, 9.17) is 16.3 Å². The topological polar surface area (TPSA) is 35.0 Å². The van der Waals surface area contributed by atoms with E-state index in [1.54, 1.807) is 0 Å². The Labute approximate surface area is 106 Å². The molecule has 2 rings (SSSR count). The number of rotatable bonds is 2. The summed E-state index contributed by atoms with van der Waals surface area (Å²) in [4.78, 5) is 7.72. The molecule has 0 unspecified atom stereocenters. The quantitative estimate of drug-likeness (QED) is 0.789. The number of aromatic nitrogens is 2. The molecule has 0 aliphatic rings. The fourth-order valence-electron chi connectivity index (χ4n) is 1.02. The van der Waals surface area contributed by atoms with Crippen LogP contribution in [-0.2, 0) is 0 Å². The van der Waals surface area contributed by atoms with Gasteiger partial charge in [-0.05, 0) is 40.8 Å². The van der Waals surface area contributed by atoms with Crippen molar-refractivity contribution in [1.29, 1.82) is 0 Å². The van der Waals surface area contributed by atoms with E-state index in [1.807, 2.05) is 24.3 Å². The summed E-state index contributed by atoms with van der Waals surface area (Å²) in [6, 6.07) is 7.64. The lowest BCUT2D eigenvalue weighted by atomic mass is 10.3. The van der Waals surface area contributed by atoms with E-state index in [2.05, 4.69) is 32.6 Å². The Hall–Kier alpha value is -0.880. The van der Waals surface area contributed by atoms with Crippen molar-refractivity contribution in [1.82, 2.24) is 9.97 Å². The first-order chi connectivity index (χ1) is 7.25. The first-order valence-electron chi connectivity index (χ1n) is 4.14. The molecule has 0 saturated carbocycles. The van der Waals surface area contributed by atoms with E-state index < -0.39 is 0 Å². The second-order valence-corrected chi connectivity index (χ2v) is 4.39. The SMILES string of the molecule is Clc1cncnc1Oc1cccc(I)c1. The maximum atomic E-state index is 5.86. The van der Waals surface area contributed by atoms with Crippen LogP contribution in [0, 0.1) is 3.57 Å². The summed E-state index contributed by atoms with van der Waals surface area (Å²) in [5.41, 5.74) is 0. The van der Waals surface area contributed by atoms with Gasteiger partial charge in [0.25, 0.3) is 0 Å². The lowest BCUT2D eigenvalue weighted by molar-refractivity contribution is 0.461. The Balaban J connectivity index is 2.26. The van der Waals surface area contributed by atoms with Crippen molar-refractivity contribution in [2.75, 3.05) is 0 Å². The molecule has 1 aromatic heterocycles. The van der Waals surface area contributed by atoms with Crippen molar-refractivity contribution in [3.63, 3.8) is 0 Å². The highest BCUT2D eigenvalue weighted by Gasteiger charge is 2.03. The number of hydrogen-bond donors (Lipinski definition) is 0. The Bertz CT molecular complexity index is 478. The molecule has 0 fully saturated rings. The molecule has 1 aromatic carbocycles. The minimum Gasteiger partial charge on any atom is -0.437 e. The van der Waals surface area contributed by atoms with Crippen LogP contribution in [0.1, 0.15) is 0 Å². The van der Waals surface area contributed by atoms with Crippen LogP contribution in [-0.4, -0.2) is 9.97 Å². The largest absolute Gasteiger partial charge is 0.437 e. The molecule has 0 amide bonds. The van der Waals surface area contributed by atoms with Crippen LogP contribution in [0.4, 0.5) is 0 Å². The van der Waals surface area contributed by atoms with Gasteiger partial charge in [-0.15, -0.1) is 0 Å². The van der Waals surface area contributed by atoms with E-state index in [1.165, 1.54) is 12.5 Å². The van der Waals surface area contributed by atoms with Crippen molar-refractivity contribution in [3.05, 3.63) is 45.4 Å².